The molecule has 1 aliphatic rings. The van der Waals surface area contributed by atoms with Crippen LogP contribution < -0.4 is 0 Å². The van der Waals surface area contributed by atoms with Crippen LogP contribution in [0.25, 0.3) is 0 Å². The summed E-state index contributed by atoms with van der Waals surface area (Å²) in [6.45, 7) is -1.73. The van der Waals surface area contributed by atoms with E-state index < -0.39 is 30.1 Å². The van der Waals surface area contributed by atoms with Crippen LogP contribution >= 0.6 is 11.6 Å². The molecule has 0 saturated carbocycles. The van der Waals surface area contributed by atoms with Gasteiger partial charge in [0.1, 0.15) is 6.61 Å². The molecule has 0 aromatic heterocycles. The normalized spacial score (nSPS) is 41.6. The van der Waals surface area contributed by atoms with Crippen molar-refractivity contribution in [1.82, 2.24) is 0 Å². The van der Waals surface area contributed by atoms with Crippen LogP contribution in [0.5, 0.6) is 0 Å². The molecule has 1 fully saturated rings. The van der Waals surface area contributed by atoms with Crippen molar-refractivity contribution in [3.8, 4) is 0 Å². The predicted molar refractivity (Wildman–Crippen MR) is 31.6 cm³/mol. The van der Waals surface area contributed by atoms with Crippen LogP contribution in [0.15, 0.2) is 0 Å². The van der Waals surface area contributed by atoms with E-state index in [2.05, 4.69) is 21.1 Å². The van der Waals surface area contributed by atoms with Crippen LogP contribution in [0.4, 0.5) is 30.7 Å². The fourth-order valence-corrected chi connectivity index (χ4v) is 0.946. The minimum atomic E-state index is -6.19. The molecule has 1 saturated heterocycles. The van der Waals surface area contributed by atoms with Gasteiger partial charge in [-0.3, -0.25) is 4.74 Å². The van der Waals surface area contributed by atoms with E-state index in [1.54, 1.807) is 0 Å². The van der Waals surface area contributed by atoms with Gasteiger partial charge in [-0.1, -0.05) is 0 Å². The Morgan fingerprint density at radius 3 is 1.87 bits per heavy atom. The van der Waals surface area contributed by atoms with Crippen molar-refractivity contribution in [1.29, 1.82) is 0 Å². The zero-order valence-corrected chi connectivity index (χ0v) is 7.30. The second-order valence-electron chi connectivity index (χ2n) is 2.64. The van der Waals surface area contributed by atoms with E-state index in [1.165, 1.54) is 0 Å². The Bertz CT molecular complexity index is 265. The minimum absolute atomic E-state index is 1.73. The molecule has 0 aliphatic carbocycles. The van der Waals surface area contributed by atoms with E-state index in [4.69, 9.17) is 0 Å². The summed E-state index contributed by atoms with van der Waals surface area (Å²) >= 11 is 4.50. The smallest absolute Gasteiger partial charge is 0.308 e. The van der Waals surface area contributed by atoms with Gasteiger partial charge in [-0.15, -0.1) is 0 Å². The molecule has 0 aromatic carbocycles. The maximum absolute atomic E-state index is 12.8. The van der Waals surface area contributed by atoms with Crippen molar-refractivity contribution in [2.45, 2.75) is 23.5 Å². The van der Waals surface area contributed by atoms with Gasteiger partial charge >= 0.3 is 23.5 Å². The lowest BCUT2D eigenvalue weighted by molar-refractivity contribution is -0.511. The number of halogens is 8. The number of ether oxygens (including phenoxy) is 2. The van der Waals surface area contributed by atoms with Crippen LogP contribution in [0.3, 0.4) is 0 Å². The van der Waals surface area contributed by atoms with Crippen molar-refractivity contribution >= 4 is 11.6 Å². The van der Waals surface area contributed by atoms with Gasteiger partial charge < -0.3 is 4.74 Å². The molecule has 10 heteroatoms. The summed E-state index contributed by atoms with van der Waals surface area (Å²) in [5, 5.41) is -3.80. The highest BCUT2D eigenvalue weighted by molar-refractivity contribution is 6.22. The van der Waals surface area contributed by atoms with Crippen LogP contribution in [0.1, 0.15) is 0 Å². The first-order valence-electron chi connectivity index (χ1n) is 3.27. The summed E-state index contributed by atoms with van der Waals surface area (Å²) in [6.07, 6.45) is -11.6. The lowest BCUT2D eigenvalue weighted by atomic mass is 10.2. The number of hydrogen-bond donors (Lipinski definition) is 0. The van der Waals surface area contributed by atoms with Gasteiger partial charge in [0.15, 0.2) is 0 Å². The summed E-state index contributed by atoms with van der Waals surface area (Å²) in [6, 6.07) is 0. The maximum Gasteiger partial charge on any atom is 0.458 e. The Morgan fingerprint density at radius 2 is 1.53 bits per heavy atom. The third-order valence-corrected chi connectivity index (χ3v) is 1.64. The molecule has 0 bridgehead atoms. The molecule has 2 unspecified atom stereocenters. The molecular formula is C5H2ClF7O2. The van der Waals surface area contributed by atoms with Gasteiger partial charge in [0.05, 0.1) is 0 Å². The van der Waals surface area contributed by atoms with Crippen LogP contribution in [0, 0.1) is 0 Å². The molecule has 0 aromatic rings. The fraction of sp³-hybridized carbons (Fsp3) is 1.00. The average Bonchev–Trinajstić information content (AvgIpc) is 1.96. The lowest BCUT2D eigenvalue weighted by Gasteiger charge is -2.40. The first-order chi connectivity index (χ1) is 6.41. The van der Waals surface area contributed by atoms with Crippen LogP contribution in [0.2, 0.25) is 0 Å². The largest absolute Gasteiger partial charge is 0.458 e. The Balaban J connectivity index is 3.11. The molecule has 0 amide bonds. The monoisotopic (exact) mass is 262 g/mol. The quantitative estimate of drug-likeness (QED) is 0.494. The van der Waals surface area contributed by atoms with E-state index in [0.29, 0.717) is 0 Å². The molecule has 1 rings (SSSR count). The molecule has 1 aliphatic heterocycles. The summed E-state index contributed by atoms with van der Waals surface area (Å²) < 4.78 is 91.8. The SMILES string of the molecule is FC1(Cl)COC(F)(F)C(F)(C(F)(F)F)O1. The van der Waals surface area contributed by atoms with Crippen molar-refractivity contribution in [3.05, 3.63) is 0 Å². The third-order valence-electron chi connectivity index (χ3n) is 1.45. The van der Waals surface area contributed by atoms with Crippen LogP contribution in [-0.4, -0.2) is 30.1 Å². The van der Waals surface area contributed by atoms with Gasteiger partial charge in [0, 0.05) is 0 Å². The van der Waals surface area contributed by atoms with Gasteiger partial charge in [0.2, 0.25) is 0 Å². The molecule has 0 N–H and O–H groups in total. The van der Waals surface area contributed by atoms with E-state index in [1.807, 2.05) is 0 Å². The fourth-order valence-electron chi connectivity index (χ4n) is 0.785. The standard InChI is InChI=1S/C5H2ClF7O2/c6-2(7)1-14-5(12,13)3(8,15-2)4(9,10)11/h1H2. The Morgan fingerprint density at radius 1 is 1.07 bits per heavy atom. The van der Waals surface area contributed by atoms with Crippen molar-refractivity contribution in [2.24, 2.45) is 0 Å². The summed E-state index contributed by atoms with van der Waals surface area (Å²) in [7, 11) is 0. The number of alkyl halides is 8. The van der Waals surface area contributed by atoms with E-state index in [0.717, 1.165) is 0 Å². The summed E-state index contributed by atoms with van der Waals surface area (Å²) in [5.74, 6) is -5.62. The highest BCUT2D eigenvalue weighted by Gasteiger charge is 2.79. The molecule has 0 radical (unpaired) electrons. The molecule has 0 spiro atoms. The number of hydrogen-bond acceptors (Lipinski definition) is 2. The van der Waals surface area contributed by atoms with Gasteiger partial charge in [-0.2, -0.15) is 30.7 Å². The molecular weight excluding hydrogens is 260 g/mol. The summed E-state index contributed by atoms with van der Waals surface area (Å²) in [4.78, 5) is 0. The van der Waals surface area contributed by atoms with Gasteiger partial charge in [-0.05, 0) is 11.6 Å². The predicted octanol–water partition coefficient (Wildman–Crippen LogP) is 2.72. The van der Waals surface area contributed by atoms with Crippen molar-refractivity contribution < 1.29 is 40.2 Å². The highest BCUT2D eigenvalue weighted by Crippen LogP contribution is 2.52. The zero-order chi connectivity index (χ0) is 12.1. The Kier molecular flexibility index (Phi) is 2.65. The lowest BCUT2D eigenvalue weighted by Crippen LogP contribution is -2.65. The van der Waals surface area contributed by atoms with Gasteiger partial charge in [0.25, 0.3) is 0 Å². The third kappa shape index (κ3) is 2.00. The molecule has 2 atom stereocenters. The first kappa shape index (κ1) is 12.8. The van der Waals surface area contributed by atoms with E-state index >= 15 is 0 Å². The Labute approximate surface area is 82.9 Å². The molecule has 2 nitrogen and oxygen atoms in total. The maximum atomic E-state index is 12.8. The molecule has 1 heterocycles. The molecule has 90 valence electrons. The zero-order valence-electron chi connectivity index (χ0n) is 6.55. The second kappa shape index (κ2) is 3.11. The highest BCUT2D eigenvalue weighted by atomic mass is 35.5. The van der Waals surface area contributed by atoms with E-state index in [-0.39, 0.29) is 0 Å². The van der Waals surface area contributed by atoms with Crippen LogP contribution in [-0.2, 0) is 9.47 Å². The second-order valence-corrected chi connectivity index (χ2v) is 3.20. The average molecular weight is 263 g/mol. The van der Waals surface area contributed by atoms with Crippen molar-refractivity contribution in [2.75, 3.05) is 6.61 Å². The Hall–Kier alpha value is -0.280. The summed E-state index contributed by atoms with van der Waals surface area (Å²) in [5.41, 5.74) is 0. The topological polar surface area (TPSA) is 18.5 Å². The first-order valence-corrected chi connectivity index (χ1v) is 3.64. The molecule has 15 heavy (non-hydrogen) atoms. The van der Waals surface area contributed by atoms with Crippen molar-refractivity contribution in [3.63, 3.8) is 0 Å². The van der Waals surface area contributed by atoms with Gasteiger partial charge in [-0.25, -0.2) is 0 Å². The van der Waals surface area contributed by atoms with E-state index in [9.17, 15) is 30.7 Å². The number of rotatable bonds is 0. The minimum Gasteiger partial charge on any atom is -0.308 e.